The number of nitrogens with one attached hydrogen (secondary N) is 3. The second kappa shape index (κ2) is 11.8. The summed E-state index contributed by atoms with van der Waals surface area (Å²) >= 11 is 0. The summed E-state index contributed by atoms with van der Waals surface area (Å²) in [6, 6.07) is 18.1. The quantitative estimate of drug-likeness (QED) is 0.296. The number of carbonyl (C=O) groups excluding carboxylic acids is 2. The maximum Gasteiger partial charge on any atom is 0.416 e. The first-order valence-corrected chi connectivity index (χ1v) is 13.3. The molecule has 0 spiro atoms. The van der Waals surface area contributed by atoms with Crippen LogP contribution in [0.5, 0.6) is 5.75 Å². The Morgan fingerprint density at radius 1 is 1.00 bits per heavy atom. The van der Waals surface area contributed by atoms with Gasteiger partial charge in [0.25, 0.3) is 0 Å². The van der Waals surface area contributed by atoms with Gasteiger partial charge in [-0.05, 0) is 61.4 Å². The molecule has 8 nitrogen and oxygen atoms in total. The maximum absolute atomic E-state index is 12.8. The lowest BCUT2D eigenvalue weighted by Crippen LogP contribution is -2.47. The van der Waals surface area contributed by atoms with Crippen molar-refractivity contribution in [3.63, 3.8) is 0 Å². The van der Waals surface area contributed by atoms with Crippen molar-refractivity contribution in [3.05, 3.63) is 89.5 Å². The van der Waals surface area contributed by atoms with E-state index in [0.29, 0.717) is 17.9 Å². The zero-order valence-electron chi connectivity index (χ0n) is 22.2. The van der Waals surface area contributed by atoms with E-state index in [4.69, 9.17) is 9.47 Å². The number of urea groups is 1. The van der Waals surface area contributed by atoms with Crippen molar-refractivity contribution in [1.29, 1.82) is 0 Å². The van der Waals surface area contributed by atoms with Gasteiger partial charge in [0.05, 0.1) is 30.7 Å². The molecular weight excluding hydrogens is 539 g/mol. The third kappa shape index (κ3) is 6.63. The number of alkyl halides is 3. The van der Waals surface area contributed by atoms with Crippen molar-refractivity contribution in [2.45, 2.75) is 56.2 Å². The molecule has 0 bridgehead atoms. The summed E-state index contributed by atoms with van der Waals surface area (Å²) in [5, 5.41) is 18.2. The average Bonchev–Trinajstić information content (AvgIpc) is 3.30. The van der Waals surface area contributed by atoms with E-state index in [9.17, 15) is 27.9 Å². The lowest BCUT2D eigenvalue weighted by Gasteiger charge is -2.37. The minimum absolute atomic E-state index is 0.111. The number of rotatable bonds is 7. The lowest BCUT2D eigenvalue weighted by atomic mass is 9.84. The summed E-state index contributed by atoms with van der Waals surface area (Å²) in [5.41, 5.74) is 1.65. The summed E-state index contributed by atoms with van der Waals surface area (Å²) in [7, 11) is 0. The summed E-state index contributed by atoms with van der Waals surface area (Å²) in [6.45, 7) is 1.62. The summed E-state index contributed by atoms with van der Waals surface area (Å²) in [6.07, 6.45) is -5.42. The highest BCUT2D eigenvalue weighted by atomic mass is 19.4. The Kier molecular flexibility index (Phi) is 8.18. The monoisotopic (exact) mass is 569 g/mol. The van der Waals surface area contributed by atoms with Gasteiger partial charge in [-0.15, -0.1) is 0 Å². The fraction of sp³-hybridized carbons (Fsp3) is 0.333. The van der Waals surface area contributed by atoms with Crippen molar-refractivity contribution in [2.24, 2.45) is 0 Å². The number of fused-ring (bicyclic) bond motifs is 3. The minimum atomic E-state index is -4.46. The van der Waals surface area contributed by atoms with Crippen LogP contribution in [0.1, 0.15) is 48.4 Å². The number of aliphatic hydroxyl groups excluding tert-OH is 1. The van der Waals surface area contributed by atoms with Crippen LogP contribution in [0.25, 0.3) is 0 Å². The van der Waals surface area contributed by atoms with Gasteiger partial charge in [-0.2, -0.15) is 13.2 Å². The topological polar surface area (TPSA) is 109 Å². The Hall–Kier alpha value is -4.09. The summed E-state index contributed by atoms with van der Waals surface area (Å²) in [4.78, 5) is 25.4. The number of halogens is 3. The van der Waals surface area contributed by atoms with E-state index in [1.54, 1.807) is 18.2 Å². The predicted octanol–water partition coefficient (Wildman–Crippen LogP) is 5.61. The zero-order valence-corrected chi connectivity index (χ0v) is 22.2. The van der Waals surface area contributed by atoms with Gasteiger partial charge in [-0.1, -0.05) is 30.3 Å². The van der Waals surface area contributed by atoms with Gasteiger partial charge in [0.15, 0.2) is 0 Å². The van der Waals surface area contributed by atoms with Gasteiger partial charge in [0, 0.05) is 22.9 Å². The highest BCUT2D eigenvalue weighted by molar-refractivity contribution is 5.99. The molecule has 41 heavy (non-hydrogen) atoms. The van der Waals surface area contributed by atoms with Crippen molar-refractivity contribution in [1.82, 2.24) is 5.32 Å². The molecular formula is C30H30F3N3O5. The molecule has 4 N–H and O–H groups in total. The Labute approximate surface area is 234 Å². The molecule has 0 saturated carbocycles. The van der Waals surface area contributed by atoms with Gasteiger partial charge >= 0.3 is 12.2 Å². The largest absolute Gasteiger partial charge is 0.487 e. The Morgan fingerprint density at radius 2 is 1.68 bits per heavy atom. The van der Waals surface area contributed by atoms with Crippen LogP contribution in [-0.2, 0) is 15.7 Å². The van der Waals surface area contributed by atoms with E-state index < -0.39 is 36.1 Å². The fourth-order valence-corrected chi connectivity index (χ4v) is 5.34. The number of amides is 3. The first kappa shape index (κ1) is 28.4. The van der Waals surface area contributed by atoms with Crippen molar-refractivity contribution < 1.29 is 37.3 Å². The van der Waals surface area contributed by atoms with E-state index in [1.165, 1.54) is 12.1 Å². The number of aliphatic hydroxyl groups is 1. The molecule has 1 fully saturated rings. The van der Waals surface area contributed by atoms with Crippen molar-refractivity contribution in [3.8, 4) is 5.75 Å². The normalized spacial score (nSPS) is 22.1. The van der Waals surface area contributed by atoms with E-state index >= 15 is 0 Å². The molecule has 0 unspecified atom stereocenters. The molecule has 5 rings (SSSR count). The molecule has 0 radical (unpaired) electrons. The van der Waals surface area contributed by atoms with Gasteiger partial charge in [0.1, 0.15) is 18.0 Å². The molecule has 11 heteroatoms. The SMILES string of the molecule is C[C@H](NC(=O)C[C@H]1C[C@@H]2c3cc(NC(=O)Nc4ccc(C(F)(F)F)cc4)ccc3O[C@@H]2[C@H](CO)O1)c1ccccc1. The zero-order chi connectivity index (χ0) is 29.1. The van der Waals surface area contributed by atoms with Crippen LogP contribution in [0, 0.1) is 0 Å². The third-order valence-corrected chi connectivity index (χ3v) is 7.32. The molecule has 216 valence electrons. The Morgan fingerprint density at radius 3 is 2.37 bits per heavy atom. The van der Waals surface area contributed by atoms with E-state index in [1.807, 2.05) is 37.3 Å². The van der Waals surface area contributed by atoms with Gasteiger partial charge < -0.3 is 30.5 Å². The number of ether oxygens (including phenoxy) is 2. The van der Waals surface area contributed by atoms with Gasteiger partial charge in [-0.25, -0.2) is 4.79 Å². The molecule has 0 aliphatic carbocycles. The average molecular weight is 570 g/mol. The second-order valence-electron chi connectivity index (χ2n) is 10.2. The molecule has 2 heterocycles. The number of hydrogen-bond acceptors (Lipinski definition) is 5. The lowest BCUT2D eigenvalue weighted by molar-refractivity contribution is -0.142. The van der Waals surface area contributed by atoms with E-state index in [-0.39, 0.29) is 36.6 Å². The maximum atomic E-state index is 12.8. The molecule has 2 aliphatic heterocycles. The van der Waals surface area contributed by atoms with Gasteiger partial charge in [0.2, 0.25) is 5.91 Å². The van der Waals surface area contributed by atoms with Crippen LogP contribution in [0.3, 0.4) is 0 Å². The van der Waals surface area contributed by atoms with Crippen LogP contribution in [0.15, 0.2) is 72.8 Å². The fourth-order valence-electron chi connectivity index (χ4n) is 5.34. The summed E-state index contributed by atoms with van der Waals surface area (Å²) < 4.78 is 50.5. The number of benzene rings is 3. The highest BCUT2D eigenvalue weighted by Crippen LogP contribution is 2.47. The third-order valence-electron chi connectivity index (χ3n) is 7.32. The van der Waals surface area contributed by atoms with Crippen LogP contribution in [-0.4, -0.2) is 42.0 Å². The predicted molar refractivity (Wildman–Crippen MR) is 146 cm³/mol. The molecule has 3 amide bonds. The van der Waals surface area contributed by atoms with Crippen LogP contribution in [0.4, 0.5) is 29.3 Å². The molecule has 0 aromatic heterocycles. The molecule has 3 aromatic rings. The Balaban J connectivity index is 1.23. The number of hydrogen-bond donors (Lipinski definition) is 4. The van der Waals surface area contributed by atoms with Crippen molar-refractivity contribution >= 4 is 23.3 Å². The van der Waals surface area contributed by atoms with Gasteiger partial charge in [-0.3, -0.25) is 4.79 Å². The van der Waals surface area contributed by atoms with E-state index in [0.717, 1.165) is 23.3 Å². The second-order valence-corrected chi connectivity index (χ2v) is 10.2. The molecule has 2 aliphatic rings. The van der Waals surface area contributed by atoms with Crippen LogP contribution < -0.4 is 20.7 Å². The standard InChI is InChI=1S/C30H30F3N3O5/c1-17(18-5-3-2-4-6-18)34-27(38)15-22-14-24-23-13-21(11-12-25(23)41-28(24)26(16-37)40-22)36-29(39)35-20-9-7-19(8-10-20)30(31,32)33/h2-13,17,22,24,26,28,37H,14-16H2,1H3,(H,34,38)(H2,35,36,39)/t17-,22+,24+,26-,28-/m0/s1. The van der Waals surface area contributed by atoms with Crippen LogP contribution >= 0.6 is 0 Å². The first-order chi connectivity index (χ1) is 19.6. The minimum Gasteiger partial charge on any atom is -0.487 e. The molecule has 1 saturated heterocycles. The Bertz CT molecular complexity index is 1380. The molecule has 5 atom stereocenters. The van der Waals surface area contributed by atoms with Crippen molar-refractivity contribution in [2.75, 3.05) is 17.2 Å². The highest BCUT2D eigenvalue weighted by Gasteiger charge is 2.46. The number of carbonyl (C=O) groups is 2. The molecule has 3 aromatic carbocycles. The van der Waals surface area contributed by atoms with E-state index in [2.05, 4.69) is 16.0 Å². The summed E-state index contributed by atoms with van der Waals surface area (Å²) in [5.74, 6) is 0.245. The number of anilines is 2. The smallest absolute Gasteiger partial charge is 0.416 e. The first-order valence-electron chi connectivity index (χ1n) is 13.3. The van der Waals surface area contributed by atoms with Crippen LogP contribution in [0.2, 0.25) is 0 Å².